The molecule has 3 aromatic heterocycles. The van der Waals surface area contributed by atoms with Gasteiger partial charge in [-0.05, 0) is 37.5 Å². The van der Waals surface area contributed by atoms with E-state index in [9.17, 15) is 4.79 Å². The summed E-state index contributed by atoms with van der Waals surface area (Å²) in [5, 5.41) is 9.12. The van der Waals surface area contributed by atoms with E-state index < -0.39 is 0 Å². The van der Waals surface area contributed by atoms with E-state index in [1.165, 1.54) is 5.56 Å². The van der Waals surface area contributed by atoms with Gasteiger partial charge in [-0.15, -0.1) is 0 Å². The van der Waals surface area contributed by atoms with Crippen molar-refractivity contribution in [1.29, 1.82) is 0 Å². The van der Waals surface area contributed by atoms with Gasteiger partial charge in [0.05, 0.1) is 30.4 Å². The number of hydrogen-bond acceptors (Lipinski definition) is 5. The normalized spacial score (nSPS) is 18.7. The minimum Gasteiger partial charge on any atom is -0.299 e. The number of nitrogens with zero attached hydrogens (tertiary/aromatic N) is 7. The molecule has 0 atom stereocenters. The molecule has 30 heavy (non-hydrogen) atoms. The summed E-state index contributed by atoms with van der Waals surface area (Å²) in [4.78, 5) is 21.7. The summed E-state index contributed by atoms with van der Waals surface area (Å²) in [7, 11) is 1.95. The van der Waals surface area contributed by atoms with Gasteiger partial charge in [0.1, 0.15) is 5.82 Å². The number of carbonyl (C=O) groups is 1. The average molecular weight is 406 g/mol. The quantitative estimate of drug-likeness (QED) is 0.666. The fraction of sp³-hybridized carbons (Fsp3) is 0.455. The SMILES string of the molecule is Cc1cc2n(n1)C1(CCN(Cc3cnn(C)c3)CC1)CC(=O)N2Cc1ccncc1. The van der Waals surface area contributed by atoms with Gasteiger partial charge >= 0.3 is 0 Å². The van der Waals surface area contributed by atoms with E-state index >= 15 is 0 Å². The second-order valence-electron chi connectivity index (χ2n) is 8.59. The van der Waals surface area contributed by atoms with E-state index in [-0.39, 0.29) is 11.4 Å². The van der Waals surface area contributed by atoms with Crippen molar-refractivity contribution in [2.24, 2.45) is 7.05 Å². The molecule has 5 heterocycles. The zero-order valence-electron chi connectivity index (χ0n) is 17.5. The predicted molar refractivity (Wildman–Crippen MR) is 113 cm³/mol. The summed E-state index contributed by atoms with van der Waals surface area (Å²) in [6.45, 7) is 5.36. The number of hydrogen-bond donors (Lipinski definition) is 0. The molecule has 1 saturated heterocycles. The Morgan fingerprint density at radius 1 is 1.10 bits per heavy atom. The van der Waals surface area contributed by atoms with Crippen molar-refractivity contribution in [3.63, 3.8) is 0 Å². The Bertz CT molecular complexity index is 1050. The van der Waals surface area contributed by atoms with Crippen LogP contribution in [0.1, 0.15) is 36.1 Å². The fourth-order valence-corrected chi connectivity index (χ4v) is 4.77. The van der Waals surface area contributed by atoms with Gasteiger partial charge in [0, 0.05) is 56.9 Å². The molecule has 0 bridgehead atoms. The lowest BCUT2D eigenvalue weighted by Crippen LogP contribution is -2.53. The summed E-state index contributed by atoms with van der Waals surface area (Å²) in [5.41, 5.74) is 3.04. The lowest BCUT2D eigenvalue weighted by molar-refractivity contribution is -0.123. The highest BCUT2D eigenvalue weighted by Crippen LogP contribution is 2.42. The first-order valence-corrected chi connectivity index (χ1v) is 10.5. The van der Waals surface area contributed by atoms with E-state index in [4.69, 9.17) is 5.10 Å². The van der Waals surface area contributed by atoms with Crippen molar-refractivity contribution in [1.82, 2.24) is 29.4 Å². The number of likely N-dealkylation sites (tertiary alicyclic amines) is 1. The van der Waals surface area contributed by atoms with Crippen molar-refractivity contribution < 1.29 is 4.79 Å². The zero-order chi connectivity index (χ0) is 20.7. The smallest absolute Gasteiger partial charge is 0.230 e. The topological polar surface area (TPSA) is 72.1 Å². The van der Waals surface area contributed by atoms with Crippen LogP contribution in [0.15, 0.2) is 43.0 Å². The Morgan fingerprint density at radius 2 is 1.87 bits per heavy atom. The van der Waals surface area contributed by atoms with Crippen molar-refractivity contribution in [2.75, 3.05) is 18.0 Å². The number of pyridine rings is 1. The molecule has 8 nitrogen and oxygen atoms in total. The van der Waals surface area contributed by atoms with Crippen molar-refractivity contribution >= 4 is 11.7 Å². The van der Waals surface area contributed by atoms with Gasteiger partial charge in [0.15, 0.2) is 0 Å². The molecule has 0 saturated carbocycles. The molecule has 0 N–H and O–H groups in total. The first-order valence-electron chi connectivity index (χ1n) is 10.5. The van der Waals surface area contributed by atoms with Crippen LogP contribution in [0.2, 0.25) is 0 Å². The Hall–Kier alpha value is -3.00. The maximum Gasteiger partial charge on any atom is 0.230 e. The molecule has 156 valence electrons. The number of anilines is 1. The standard InChI is InChI=1S/C22H27N7O/c1-17-11-20-28(16-18-3-7-23-8-4-18)21(30)12-22(29(20)25-17)5-9-27(10-6-22)15-19-13-24-26(2)14-19/h3-4,7-8,11,13-14H,5-6,9-10,12,15-16H2,1-2H3. The summed E-state index contributed by atoms with van der Waals surface area (Å²) in [6, 6.07) is 5.96. The van der Waals surface area contributed by atoms with E-state index in [2.05, 4.69) is 25.9 Å². The van der Waals surface area contributed by atoms with Crippen LogP contribution in [0.4, 0.5) is 5.82 Å². The third kappa shape index (κ3) is 3.41. The number of amides is 1. The molecular weight excluding hydrogens is 378 g/mol. The monoisotopic (exact) mass is 405 g/mol. The summed E-state index contributed by atoms with van der Waals surface area (Å²) >= 11 is 0. The number of carbonyl (C=O) groups excluding carboxylic acids is 1. The third-order valence-electron chi connectivity index (χ3n) is 6.36. The molecule has 1 spiro atoms. The predicted octanol–water partition coefficient (Wildman–Crippen LogP) is 2.25. The van der Waals surface area contributed by atoms with Gasteiger partial charge in [0.25, 0.3) is 0 Å². The van der Waals surface area contributed by atoms with E-state index in [0.29, 0.717) is 13.0 Å². The van der Waals surface area contributed by atoms with Crippen molar-refractivity contribution in [3.05, 3.63) is 59.8 Å². The highest BCUT2D eigenvalue weighted by molar-refractivity contribution is 5.94. The lowest BCUT2D eigenvalue weighted by atomic mass is 9.82. The molecule has 0 radical (unpaired) electrons. The van der Waals surface area contributed by atoms with Gasteiger partial charge in [-0.25, -0.2) is 4.68 Å². The van der Waals surface area contributed by atoms with Crippen LogP contribution in [0, 0.1) is 6.92 Å². The maximum absolute atomic E-state index is 13.3. The van der Waals surface area contributed by atoms with Gasteiger partial charge < -0.3 is 0 Å². The summed E-state index contributed by atoms with van der Waals surface area (Å²) in [6.07, 6.45) is 9.90. The minimum atomic E-state index is -0.221. The van der Waals surface area contributed by atoms with Crippen LogP contribution in [0.5, 0.6) is 0 Å². The third-order valence-corrected chi connectivity index (χ3v) is 6.36. The zero-order valence-corrected chi connectivity index (χ0v) is 17.5. The molecule has 1 fully saturated rings. The molecule has 0 aliphatic carbocycles. The second kappa shape index (κ2) is 7.36. The molecule has 3 aromatic rings. The number of fused-ring (bicyclic) bond motifs is 2. The summed E-state index contributed by atoms with van der Waals surface area (Å²) < 4.78 is 3.99. The maximum atomic E-state index is 13.3. The van der Waals surface area contributed by atoms with Crippen LogP contribution in [-0.4, -0.2) is 48.4 Å². The number of rotatable bonds is 4. The first-order chi connectivity index (χ1) is 14.5. The summed E-state index contributed by atoms with van der Waals surface area (Å²) in [5.74, 6) is 1.10. The molecule has 2 aliphatic rings. The highest BCUT2D eigenvalue weighted by atomic mass is 16.2. The lowest BCUT2D eigenvalue weighted by Gasteiger charge is -2.46. The Balaban J connectivity index is 1.37. The number of aromatic nitrogens is 5. The second-order valence-corrected chi connectivity index (χ2v) is 8.59. The van der Waals surface area contributed by atoms with Gasteiger partial charge in [-0.2, -0.15) is 10.2 Å². The van der Waals surface area contributed by atoms with Crippen LogP contribution < -0.4 is 4.90 Å². The van der Waals surface area contributed by atoms with E-state index in [0.717, 1.165) is 49.6 Å². The van der Waals surface area contributed by atoms with E-state index in [1.807, 2.05) is 47.9 Å². The van der Waals surface area contributed by atoms with Gasteiger partial charge in [0.2, 0.25) is 5.91 Å². The van der Waals surface area contributed by atoms with Crippen molar-refractivity contribution in [2.45, 2.75) is 44.8 Å². The van der Waals surface area contributed by atoms with E-state index in [1.54, 1.807) is 12.4 Å². The highest BCUT2D eigenvalue weighted by Gasteiger charge is 2.46. The van der Waals surface area contributed by atoms with Crippen LogP contribution in [0.3, 0.4) is 0 Å². The Morgan fingerprint density at radius 3 is 2.57 bits per heavy atom. The first kappa shape index (κ1) is 19.0. The van der Waals surface area contributed by atoms with Crippen LogP contribution >= 0.6 is 0 Å². The van der Waals surface area contributed by atoms with Crippen molar-refractivity contribution in [3.8, 4) is 0 Å². The van der Waals surface area contributed by atoms with Crippen LogP contribution in [0.25, 0.3) is 0 Å². The Labute approximate surface area is 176 Å². The molecule has 5 rings (SSSR count). The number of piperidine rings is 1. The Kier molecular flexibility index (Phi) is 4.66. The molecule has 2 aliphatic heterocycles. The molecule has 0 aromatic carbocycles. The van der Waals surface area contributed by atoms with Gasteiger partial charge in [-0.1, -0.05) is 0 Å². The largest absolute Gasteiger partial charge is 0.299 e. The molecule has 8 heteroatoms. The van der Waals surface area contributed by atoms with Gasteiger partial charge in [-0.3, -0.25) is 24.3 Å². The average Bonchev–Trinajstić information content (AvgIpc) is 3.33. The fourth-order valence-electron chi connectivity index (χ4n) is 4.77. The molecular formula is C22H27N7O. The minimum absolute atomic E-state index is 0.180. The van der Waals surface area contributed by atoms with Crippen LogP contribution in [-0.2, 0) is 30.5 Å². The number of aryl methyl sites for hydroxylation is 2. The molecule has 0 unspecified atom stereocenters. The molecule has 1 amide bonds.